The zero-order valence-electron chi connectivity index (χ0n) is 14.1. The zero-order chi connectivity index (χ0) is 16.8. The van der Waals surface area contributed by atoms with Gasteiger partial charge in [-0.2, -0.15) is 0 Å². The minimum Gasteiger partial charge on any atom is -0.416 e. The van der Waals surface area contributed by atoms with Gasteiger partial charge in [-0.3, -0.25) is 0 Å². The van der Waals surface area contributed by atoms with Gasteiger partial charge in [0.25, 0.3) is 0 Å². The van der Waals surface area contributed by atoms with Crippen molar-refractivity contribution in [1.29, 1.82) is 0 Å². The van der Waals surface area contributed by atoms with Crippen molar-refractivity contribution in [2.75, 3.05) is 40.6 Å². The van der Waals surface area contributed by atoms with E-state index in [4.69, 9.17) is 23.4 Å². The average molecular weight is 339 g/mol. The maximum Gasteiger partial charge on any atom is 0.500 e. The fourth-order valence-electron chi connectivity index (χ4n) is 1.53. The van der Waals surface area contributed by atoms with Crippen LogP contribution in [0.5, 0.6) is 0 Å². The second kappa shape index (κ2) is 13.3. The molecule has 21 heavy (non-hydrogen) atoms. The van der Waals surface area contributed by atoms with Gasteiger partial charge in [-0.05, 0) is 33.0 Å². The summed E-state index contributed by atoms with van der Waals surface area (Å²) in [5.74, 6) is 0. The maximum atomic E-state index is 9.73. The van der Waals surface area contributed by atoms with E-state index in [0.29, 0.717) is 19.3 Å². The third-order valence-corrected chi connectivity index (χ3v) is 7.50. The molecule has 0 atom stereocenters. The maximum absolute atomic E-state index is 9.73. The largest absolute Gasteiger partial charge is 0.500 e. The lowest BCUT2D eigenvalue weighted by molar-refractivity contribution is 0.123. The lowest BCUT2D eigenvalue weighted by Crippen LogP contribution is -2.42. The van der Waals surface area contributed by atoms with Crippen molar-refractivity contribution in [3.8, 4) is 0 Å². The van der Waals surface area contributed by atoms with Crippen LogP contribution < -0.4 is 5.73 Å². The molecule has 0 amide bonds. The van der Waals surface area contributed by atoms with Crippen LogP contribution >= 0.6 is 0 Å². The summed E-state index contributed by atoms with van der Waals surface area (Å²) in [5, 5.41) is 0. The fourth-order valence-corrected chi connectivity index (χ4v) is 4.60. The Balaban J connectivity index is 0. The topological polar surface area (TPSA) is 92.4 Å². The number of nitrogens with zero attached hydrogens (tertiary/aromatic N) is 1. The van der Waals surface area contributed by atoms with E-state index in [2.05, 4.69) is 4.99 Å². The molecule has 9 heteroatoms. The Kier molecular flexibility index (Phi) is 14.5. The Morgan fingerprint density at radius 1 is 1.14 bits per heavy atom. The smallest absolute Gasteiger partial charge is 0.416 e. The van der Waals surface area contributed by atoms with Crippen LogP contribution in [0.15, 0.2) is 4.99 Å². The highest BCUT2D eigenvalue weighted by Crippen LogP contribution is 2.13. The first-order valence-electron chi connectivity index (χ1n) is 6.90. The van der Waals surface area contributed by atoms with Crippen molar-refractivity contribution in [2.24, 2.45) is 10.7 Å². The normalized spacial score (nSPS) is 11.4. The first-order chi connectivity index (χ1) is 9.86. The first-order valence-corrected chi connectivity index (χ1v) is 11.9. The van der Waals surface area contributed by atoms with Gasteiger partial charge in [-0.15, -0.1) is 0 Å². The van der Waals surface area contributed by atoms with Gasteiger partial charge < -0.3 is 23.4 Å². The third kappa shape index (κ3) is 11.9. The van der Waals surface area contributed by atoms with Gasteiger partial charge in [0.15, 0.2) is 0 Å². The lowest BCUT2D eigenvalue weighted by atomic mass is 10.5. The number of rotatable bonds is 10. The number of hydrogen-bond acceptors (Lipinski definition) is 7. The van der Waals surface area contributed by atoms with Crippen LogP contribution in [-0.4, -0.2) is 63.9 Å². The summed E-state index contributed by atoms with van der Waals surface area (Å²) < 4.78 is 20.9. The Morgan fingerprint density at radius 2 is 1.67 bits per heavy atom. The van der Waals surface area contributed by atoms with E-state index < -0.39 is 17.1 Å². The molecule has 0 spiro atoms. The molecule has 0 aromatic heterocycles. The monoisotopic (exact) mass is 338 g/mol. The Labute approximate surface area is 130 Å². The second-order valence-electron chi connectivity index (χ2n) is 4.79. The Bertz CT molecular complexity index is 287. The van der Waals surface area contributed by atoms with E-state index in [0.717, 1.165) is 12.5 Å². The number of carbonyl (C=O) groups excluding carboxylic acids is 1. The summed E-state index contributed by atoms with van der Waals surface area (Å²) in [4.78, 5) is 13.2. The molecule has 0 aromatic rings. The SMILES string of the molecule is CCO[Si](C)(C)CN=C=O.CO[Si](CCCN)(OC)OC. The Hall–Kier alpha value is -0.386. The van der Waals surface area contributed by atoms with E-state index >= 15 is 0 Å². The molecule has 7 nitrogen and oxygen atoms in total. The molecule has 0 aromatic carbocycles. The fraction of sp³-hybridized carbons (Fsp3) is 0.917. The van der Waals surface area contributed by atoms with Gasteiger partial charge >= 0.3 is 8.80 Å². The van der Waals surface area contributed by atoms with Crippen LogP contribution in [0.4, 0.5) is 0 Å². The van der Waals surface area contributed by atoms with Gasteiger partial charge in [-0.25, -0.2) is 9.79 Å². The van der Waals surface area contributed by atoms with E-state index in [9.17, 15) is 4.79 Å². The summed E-state index contributed by atoms with van der Waals surface area (Å²) >= 11 is 0. The first kappa shape index (κ1) is 22.9. The molecule has 0 saturated heterocycles. The van der Waals surface area contributed by atoms with Crippen molar-refractivity contribution in [3.05, 3.63) is 0 Å². The van der Waals surface area contributed by atoms with E-state index in [1.165, 1.54) is 6.08 Å². The molecule has 0 saturated carbocycles. The van der Waals surface area contributed by atoms with Gasteiger partial charge in [0, 0.05) is 34.0 Å². The van der Waals surface area contributed by atoms with Crippen molar-refractivity contribution in [3.63, 3.8) is 0 Å². The molecule has 2 N–H and O–H groups in total. The highest BCUT2D eigenvalue weighted by Gasteiger charge is 2.36. The summed E-state index contributed by atoms with van der Waals surface area (Å²) in [6.45, 7) is 7.34. The number of nitrogens with two attached hydrogens (primary N) is 1. The molecule has 0 aliphatic rings. The van der Waals surface area contributed by atoms with Crippen LogP contribution in [0.3, 0.4) is 0 Å². The van der Waals surface area contributed by atoms with Crippen LogP contribution in [-0.2, 0) is 22.5 Å². The molecule has 0 aliphatic carbocycles. The van der Waals surface area contributed by atoms with Gasteiger partial charge in [0.05, 0.1) is 6.17 Å². The number of hydrogen-bond donors (Lipinski definition) is 1. The molecule has 0 bridgehead atoms. The van der Waals surface area contributed by atoms with Crippen LogP contribution in [0.2, 0.25) is 19.1 Å². The standard InChI is InChI=1S/C6H17NO3Si.C6H13NO2Si/c1-8-11(9-2,10-3)6-4-5-7;1-4-9-10(2,3)6-7-5-8/h4-7H2,1-3H3;4,6H2,1-3H3. The van der Waals surface area contributed by atoms with Crippen LogP contribution in [0.1, 0.15) is 13.3 Å². The Morgan fingerprint density at radius 3 is 2.00 bits per heavy atom. The van der Waals surface area contributed by atoms with Gasteiger partial charge in [0.1, 0.15) is 0 Å². The van der Waals surface area contributed by atoms with Crippen molar-refractivity contribution >= 4 is 23.2 Å². The summed E-state index contributed by atoms with van der Waals surface area (Å²) in [6.07, 6.45) is 2.91. The number of aliphatic imine (C=N–C) groups is 1. The molecule has 0 heterocycles. The molecule has 126 valence electrons. The number of isocyanates is 1. The van der Waals surface area contributed by atoms with Crippen molar-refractivity contribution in [1.82, 2.24) is 0 Å². The van der Waals surface area contributed by atoms with Gasteiger partial charge in [-0.1, -0.05) is 0 Å². The summed E-state index contributed by atoms with van der Waals surface area (Å²) in [7, 11) is 0.849. The molecule has 0 radical (unpaired) electrons. The van der Waals surface area contributed by atoms with Crippen molar-refractivity contribution in [2.45, 2.75) is 32.5 Å². The molecule has 0 fully saturated rings. The molecule has 0 unspecified atom stereocenters. The lowest BCUT2D eigenvalue weighted by Gasteiger charge is -2.23. The van der Waals surface area contributed by atoms with Crippen LogP contribution in [0, 0.1) is 0 Å². The molecule has 0 aliphatic heterocycles. The second-order valence-corrected chi connectivity index (χ2v) is 12.0. The predicted octanol–water partition coefficient (Wildman–Crippen LogP) is 1.32. The van der Waals surface area contributed by atoms with E-state index in [-0.39, 0.29) is 0 Å². The van der Waals surface area contributed by atoms with E-state index in [1.807, 2.05) is 20.0 Å². The van der Waals surface area contributed by atoms with Crippen molar-refractivity contribution < 1.29 is 22.5 Å². The summed E-state index contributed by atoms with van der Waals surface area (Å²) in [5.41, 5.74) is 5.36. The third-order valence-electron chi connectivity index (χ3n) is 2.68. The highest BCUT2D eigenvalue weighted by atomic mass is 28.4. The molecule has 0 rings (SSSR count). The minimum atomic E-state index is -2.32. The molecular weight excluding hydrogens is 308 g/mol. The predicted molar refractivity (Wildman–Crippen MR) is 87.4 cm³/mol. The quantitative estimate of drug-likeness (QED) is 0.367. The molecular formula is C12H30N2O5Si2. The minimum absolute atomic E-state index is 0.518. The summed E-state index contributed by atoms with van der Waals surface area (Å²) in [6, 6.07) is 0.785. The highest BCUT2D eigenvalue weighted by molar-refractivity contribution is 6.71. The van der Waals surface area contributed by atoms with Crippen LogP contribution in [0.25, 0.3) is 0 Å². The average Bonchev–Trinajstić information content (AvgIpc) is 2.48. The zero-order valence-corrected chi connectivity index (χ0v) is 16.1. The van der Waals surface area contributed by atoms with Gasteiger partial charge in [0.2, 0.25) is 14.4 Å². The van der Waals surface area contributed by atoms with E-state index in [1.54, 1.807) is 21.3 Å².